The predicted octanol–water partition coefficient (Wildman–Crippen LogP) is 5.13. The molecule has 0 fully saturated rings. The average molecular weight is 351 g/mol. The van der Waals surface area contributed by atoms with E-state index < -0.39 is 0 Å². The van der Waals surface area contributed by atoms with Crippen LogP contribution in [0.4, 0.5) is 0 Å². The number of fused-ring (bicyclic) bond motifs is 1. The van der Waals surface area contributed by atoms with Gasteiger partial charge in [-0.25, -0.2) is 0 Å². The Morgan fingerprint density at radius 1 is 1.12 bits per heavy atom. The zero-order valence-electron chi connectivity index (χ0n) is 16.0. The molecule has 138 valence electrons. The minimum Gasteiger partial charge on any atom is -0.487 e. The lowest BCUT2D eigenvalue weighted by Gasteiger charge is -2.41. The first kappa shape index (κ1) is 18.5. The van der Waals surface area contributed by atoms with Crippen LogP contribution < -0.4 is 10.1 Å². The normalized spacial score (nSPS) is 17.9. The molecule has 3 rings (SSSR count). The van der Waals surface area contributed by atoms with E-state index in [-0.39, 0.29) is 17.6 Å². The number of benzene rings is 2. The highest BCUT2D eigenvalue weighted by molar-refractivity contribution is 5.77. The Morgan fingerprint density at radius 3 is 2.50 bits per heavy atom. The molecule has 2 aromatic carbocycles. The van der Waals surface area contributed by atoms with Crippen LogP contribution in [0.15, 0.2) is 48.5 Å². The molecule has 0 unspecified atom stereocenters. The molecule has 1 heterocycles. The van der Waals surface area contributed by atoms with Gasteiger partial charge < -0.3 is 10.1 Å². The molecule has 0 aliphatic carbocycles. The number of rotatable bonds is 6. The van der Waals surface area contributed by atoms with E-state index in [1.807, 2.05) is 18.2 Å². The van der Waals surface area contributed by atoms with Crippen LogP contribution in [0.25, 0.3) is 0 Å². The van der Waals surface area contributed by atoms with Crippen LogP contribution in [0.2, 0.25) is 0 Å². The molecule has 0 saturated heterocycles. The van der Waals surface area contributed by atoms with Crippen LogP contribution in [-0.4, -0.2) is 11.5 Å². The van der Waals surface area contributed by atoms with Crippen molar-refractivity contribution in [2.45, 2.75) is 64.5 Å². The Kier molecular flexibility index (Phi) is 5.65. The summed E-state index contributed by atoms with van der Waals surface area (Å²) in [5.74, 6) is 1.01. The van der Waals surface area contributed by atoms with Gasteiger partial charge >= 0.3 is 0 Å². The lowest BCUT2D eigenvalue weighted by molar-refractivity contribution is -0.122. The Balaban J connectivity index is 1.69. The Hall–Kier alpha value is -2.29. The summed E-state index contributed by atoms with van der Waals surface area (Å²) >= 11 is 0. The first-order chi connectivity index (χ1) is 12.5. The van der Waals surface area contributed by atoms with E-state index >= 15 is 0 Å². The van der Waals surface area contributed by atoms with Crippen LogP contribution >= 0.6 is 0 Å². The molecule has 0 spiro atoms. The summed E-state index contributed by atoms with van der Waals surface area (Å²) in [5.41, 5.74) is 3.35. The van der Waals surface area contributed by atoms with E-state index in [2.05, 4.69) is 56.4 Å². The molecule has 3 nitrogen and oxygen atoms in total. The average Bonchev–Trinajstić information content (AvgIpc) is 2.67. The van der Waals surface area contributed by atoms with Gasteiger partial charge in [0.2, 0.25) is 5.91 Å². The van der Waals surface area contributed by atoms with E-state index in [4.69, 9.17) is 4.74 Å². The Bertz CT molecular complexity index is 747. The monoisotopic (exact) mass is 351 g/mol. The topological polar surface area (TPSA) is 38.3 Å². The summed E-state index contributed by atoms with van der Waals surface area (Å²) in [6.45, 7) is 6.40. The number of hydrogen-bond donors (Lipinski definition) is 1. The summed E-state index contributed by atoms with van der Waals surface area (Å²) in [6, 6.07) is 16.5. The summed E-state index contributed by atoms with van der Waals surface area (Å²) in [6.07, 6.45) is 3.98. The molecule has 1 aliphatic rings. The number of carbonyl (C=O) groups excluding carboxylic acids is 1. The highest BCUT2D eigenvalue weighted by Crippen LogP contribution is 2.42. The Labute approximate surface area is 156 Å². The van der Waals surface area contributed by atoms with Crippen molar-refractivity contribution in [1.82, 2.24) is 5.32 Å². The highest BCUT2D eigenvalue weighted by Gasteiger charge is 2.38. The van der Waals surface area contributed by atoms with Crippen molar-refractivity contribution < 1.29 is 9.53 Å². The summed E-state index contributed by atoms with van der Waals surface area (Å²) in [4.78, 5) is 12.6. The van der Waals surface area contributed by atoms with E-state index in [9.17, 15) is 4.79 Å². The van der Waals surface area contributed by atoms with Gasteiger partial charge in [0.25, 0.3) is 0 Å². The number of hydrogen-bond acceptors (Lipinski definition) is 2. The van der Waals surface area contributed by atoms with Gasteiger partial charge in [-0.2, -0.15) is 0 Å². The molecule has 1 amide bonds. The van der Waals surface area contributed by atoms with Crippen molar-refractivity contribution in [3.63, 3.8) is 0 Å². The third-order valence-corrected chi connectivity index (χ3v) is 5.58. The predicted molar refractivity (Wildman–Crippen MR) is 105 cm³/mol. The molecule has 1 atom stereocenters. The van der Waals surface area contributed by atoms with Gasteiger partial charge in [-0.1, -0.05) is 61.9 Å². The number of ether oxygens (including phenoxy) is 1. The maximum Gasteiger partial charge on any atom is 0.220 e. The molecule has 3 heteroatoms. The second-order valence-electron chi connectivity index (χ2n) is 7.34. The van der Waals surface area contributed by atoms with Crippen molar-refractivity contribution in [2.75, 3.05) is 0 Å². The maximum atomic E-state index is 12.6. The summed E-state index contributed by atoms with van der Waals surface area (Å²) < 4.78 is 6.32. The lowest BCUT2D eigenvalue weighted by atomic mass is 9.83. The SMILES string of the molecule is CCC1(CC)C[C@H](NC(=O)CCc2ccc(C)cc2)c2ccccc2O1. The van der Waals surface area contributed by atoms with Gasteiger partial charge in [0.05, 0.1) is 6.04 Å². The van der Waals surface area contributed by atoms with Crippen molar-refractivity contribution in [2.24, 2.45) is 0 Å². The standard InChI is InChI=1S/C23H29NO2/c1-4-23(5-2)16-20(19-8-6-7-9-21(19)26-23)24-22(25)15-14-18-12-10-17(3)11-13-18/h6-13,20H,4-5,14-16H2,1-3H3,(H,24,25)/t20-/m0/s1. The zero-order chi connectivity index (χ0) is 18.6. The Morgan fingerprint density at radius 2 is 1.81 bits per heavy atom. The minimum absolute atomic E-state index is 0.0189. The fourth-order valence-corrected chi connectivity index (χ4v) is 3.71. The molecule has 26 heavy (non-hydrogen) atoms. The molecular formula is C23H29NO2. The van der Waals surface area contributed by atoms with Crippen molar-refractivity contribution in [3.05, 3.63) is 65.2 Å². The molecule has 0 saturated carbocycles. The van der Waals surface area contributed by atoms with Crippen molar-refractivity contribution in [1.29, 1.82) is 0 Å². The number of para-hydroxylation sites is 1. The van der Waals surface area contributed by atoms with Gasteiger partial charge in [0, 0.05) is 18.4 Å². The highest BCUT2D eigenvalue weighted by atomic mass is 16.5. The quantitative estimate of drug-likeness (QED) is 0.784. The van der Waals surface area contributed by atoms with Gasteiger partial charge in [0.1, 0.15) is 11.4 Å². The maximum absolute atomic E-state index is 12.6. The fraction of sp³-hybridized carbons (Fsp3) is 0.435. The fourth-order valence-electron chi connectivity index (χ4n) is 3.71. The number of amides is 1. The van der Waals surface area contributed by atoms with E-state index in [0.29, 0.717) is 6.42 Å². The van der Waals surface area contributed by atoms with Gasteiger partial charge in [0.15, 0.2) is 0 Å². The number of nitrogens with one attached hydrogen (secondary N) is 1. The number of aryl methyl sites for hydroxylation is 2. The second kappa shape index (κ2) is 7.94. The molecule has 2 aromatic rings. The lowest BCUT2D eigenvalue weighted by Crippen LogP contribution is -2.44. The van der Waals surface area contributed by atoms with Crippen LogP contribution in [0.3, 0.4) is 0 Å². The van der Waals surface area contributed by atoms with E-state index in [0.717, 1.165) is 37.0 Å². The molecular weight excluding hydrogens is 322 g/mol. The molecule has 0 aromatic heterocycles. The first-order valence-electron chi connectivity index (χ1n) is 9.68. The van der Waals surface area contributed by atoms with Crippen LogP contribution in [0.1, 0.15) is 62.3 Å². The summed E-state index contributed by atoms with van der Waals surface area (Å²) in [7, 11) is 0. The van der Waals surface area contributed by atoms with Crippen molar-refractivity contribution >= 4 is 5.91 Å². The van der Waals surface area contributed by atoms with Crippen LogP contribution in [-0.2, 0) is 11.2 Å². The van der Waals surface area contributed by atoms with Gasteiger partial charge in [-0.3, -0.25) is 4.79 Å². The van der Waals surface area contributed by atoms with Crippen LogP contribution in [0.5, 0.6) is 5.75 Å². The third kappa shape index (κ3) is 4.09. The first-order valence-corrected chi connectivity index (χ1v) is 9.68. The molecule has 1 aliphatic heterocycles. The van der Waals surface area contributed by atoms with Gasteiger partial charge in [-0.05, 0) is 37.8 Å². The second-order valence-corrected chi connectivity index (χ2v) is 7.34. The van der Waals surface area contributed by atoms with Gasteiger partial charge in [-0.15, -0.1) is 0 Å². The third-order valence-electron chi connectivity index (χ3n) is 5.58. The zero-order valence-corrected chi connectivity index (χ0v) is 16.0. The molecule has 0 radical (unpaired) electrons. The number of carbonyl (C=O) groups is 1. The molecule has 0 bridgehead atoms. The minimum atomic E-state index is -0.191. The largest absolute Gasteiger partial charge is 0.487 e. The summed E-state index contributed by atoms with van der Waals surface area (Å²) in [5, 5.41) is 3.26. The van der Waals surface area contributed by atoms with Crippen molar-refractivity contribution in [3.8, 4) is 5.75 Å². The van der Waals surface area contributed by atoms with Crippen LogP contribution in [0, 0.1) is 6.92 Å². The smallest absolute Gasteiger partial charge is 0.220 e. The van der Waals surface area contributed by atoms with E-state index in [1.165, 1.54) is 11.1 Å². The molecule has 1 N–H and O–H groups in total. The van der Waals surface area contributed by atoms with E-state index in [1.54, 1.807) is 0 Å².